The molecular formula is C28H29N3O2. The number of aromatic nitrogens is 1. The number of allylic oxidation sites excluding steroid dienone is 1. The van der Waals surface area contributed by atoms with E-state index in [4.69, 9.17) is 4.74 Å². The first-order valence-corrected chi connectivity index (χ1v) is 11.6. The van der Waals surface area contributed by atoms with Crippen LogP contribution in [-0.4, -0.2) is 17.4 Å². The Bertz CT molecular complexity index is 1170. The second-order valence-electron chi connectivity index (χ2n) is 9.22. The fourth-order valence-electron chi connectivity index (χ4n) is 4.63. The Kier molecular flexibility index (Phi) is 5.86. The number of carbonyl (C=O) groups is 1. The van der Waals surface area contributed by atoms with Gasteiger partial charge in [-0.3, -0.25) is 9.78 Å². The Morgan fingerprint density at radius 3 is 2.39 bits per heavy atom. The average molecular weight is 440 g/mol. The van der Waals surface area contributed by atoms with Crippen molar-refractivity contribution in [1.29, 1.82) is 0 Å². The predicted molar refractivity (Wildman–Crippen MR) is 131 cm³/mol. The number of ether oxygens (including phenoxy) is 1. The fraction of sp³-hybridized carbons (Fsp3) is 0.286. The number of para-hydroxylation sites is 2. The summed E-state index contributed by atoms with van der Waals surface area (Å²) in [5, 5.41) is 7.20. The summed E-state index contributed by atoms with van der Waals surface area (Å²) in [6, 6.07) is 20.1. The van der Waals surface area contributed by atoms with Crippen molar-refractivity contribution < 1.29 is 9.53 Å². The van der Waals surface area contributed by atoms with Crippen LogP contribution in [0.3, 0.4) is 0 Å². The molecule has 0 radical (unpaired) electrons. The maximum Gasteiger partial charge on any atom is 0.163 e. The van der Waals surface area contributed by atoms with Crippen molar-refractivity contribution in [3.05, 3.63) is 95.5 Å². The molecule has 0 spiro atoms. The maximum atomic E-state index is 13.6. The minimum atomic E-state index is -0.209. The van der Waals surface area contributed by atoms with E-state index in [9.17, 15) is 4.79 Å². The molecule has 5 heteroatoms. The molecular weight excluding hydrogens is 410 g/mol. The minimum Gasteiger partial charge on any atom is -0.493 e. The van der Waals surface area contributed by atoms with Gasteiger partial charge in [-0.15, -0.1) is 0 Å². The van der Waals surface area contributed by atoms with Crippen molar-refractivity contribution in [2.24, 2.45) is 5.92 Å². The van der Waals surface area contributed by atoms with E-state index in [0.717, 1.165) is 40.4 Å². The van der Waals surface area contributed by atoms with Gasteiger partial charge in [0, 0.05) is 30.1 Å². The van der Waals surface area contributed by atoms with Gasteiger partial charge in [0.25, 0.3) is 0 Å². The lowest BCUT2D eigenvalue weighted by Gasteiger charge is -2.30. The van der Waals surface area contributed by atoms with Crippen LogP contribution in [0.1, 0.15) is 49.8 Å². The summed E-state index contributed by atoms with van der Waals surface area (Å²) in [4.78, 5) is 17.7. The normalized spacial score (nSPS) is 19.8. The summed E-state index contributed by atoms with van der Waals surface area (Å²) < 4.78 is 5.83. The first kappa shape index (κ1) is 21.3. The number of nitrogens with one attached hydrogen (secondary N) is 2. The highest BCUT2D eigenvalue weighted by Gasteiger charge is 2.36. The van der Waals surface area contributed by atoms with Gasteiger partial charge in [0.15, 0.2) is 5.78 Å². The largest absolute Gasteiger partial charge is 0.493 e. The quantitative estimate of drug-likeness (QED) is 0.503. The summed E-state index contributed by atoms with van der Waals surface area (Å²) in [6.07, 6.45) is 4.83. The zero-order valence-electron chi connectivity index (χ0n) is 19.0. The van der Waals surface area contributed by atoms with Crippen LogP contribution >= 0.6 is 0 Å². The molecule has 33 heavy (non-hydrogen) atoms. The van der Waals surface area contributed by atoms with Crippen LogP contribution in [0.15, 0.2) is 84.3 Å². The number of ketones is 1. The van der Waals surface area contributed by atoms with Gasteiger partial charge in [0.05, 0.1) is 24.0 Å². The number of anilines is 2. The molecule has 3 aromatic rings. The zero-order valence-corrected chi connectivity index (χ0v) is 19.0. The molecule has 0 bridgehead atoms. The fourth-order valence-corrected chi connectivity index (χ4v) is 4.63. The third kappa shape index (κ3) is 4.49. The predicted octanol–water partition coefficient (Wildman–Crippen LogP) is 6.10. The Hall–Kier alpha value is -3.60. The highest BCUT2D eigenvalue weighted by Crippen LogP contribution is 2.44. The van der Waals surface area contributed by atoms with Crippen LogP contribution in [0.25, 0.3) is 0 Å². The van der Waals surface area contributed by atoms with Crippen LogP contribution < -0.4 is 15.4 Å². The molecule has 1 aliphatic heterocycles. The smallest absolute Gasteiger partial charge is 0.163 e. The summed E-state index contributed by atoms with van der Waals surface area (Å²) >= 11 is 0. The molecule has 2 N–H and O–H groups in total. The van der Waals surface area contributed by atoms with Crippen LogP contribution in [0.4, 0.5) is 11.4 Å². The number of benzene rings is 2. The van der Waals surface area contributed by atoms with Crippen molar-refractivity contribution in [3.8, 4) is 5.75 Å². The highest BCUT2D eigenvalue weighted by molar-refractivity contribution is 6.01. The number of fused-ring (bicyclic) bond motifs is 1. The topological polar surface area (TPSA) is 63.2 Å². The third-order valence-corrected chi connectivity index (χ3v) is 6.28. The van der Waals surface area contributed by atoms with Gasteiger partial charge in [0.2, 0.25) is 0 Å². The van der Waals surface area contributed by atoms with Crippen molar-refractivity contribution in [2.75, 3.05) is 17.2 Å². The number of hydrogen-bond acceptors (Lipinski definition) is 5. The second kappa shape index (κ2) is 9.10. The van der Waals surface area contributed by atoms with E-state index in [1.807, 2.05) is 42.5 Å². The summed E-state index contributed by atoms with van der Waals surface area (Å²) in [7, 11) is 0. The SMILES string of the molecule is CC(C)COc1ccc(C2CC(=O)C3=C(C2)Nc2ccccc2NC3c2ccncc2)cc1. The van der Waals surface area contributed by atoms with Crippen LogP contribution in [0, 0.1) is 5.92 Å². The molecule has 0 saturated heterocycles. The number of rotatable bonds is 5. The van der Waals surface area contributed by atoms with E-state index < -0.39 is 0 Å². The first-order chi connectivity index (χ1) is 16.1. The summed E-state index contributed by atoms with van der Waals surface area (Å²) in [5.41, 5.74) is 6.01. The van der Waals surface area contributed by atoms with Gasteiger partial charge in [-0.1, -0.05) is 38.1 Å². The minimum absolute atomic E-state index is 0.131. The van der Waals surface area contributed by atoms with Crippen LogP contribution in [0.2, 0.25) is 0 Å². The van der Waals surface area contributed by atoms with E-state index in [-0.39, 0.29) is 17.7 Å². The summed E-state index contributed by atoms with van der Waals surface area (Å²) in [6.45, 7) is 4.98. The van der Waals surface area contributed by atoms with E-state index in [0.29, 0.717) is 18.9 Å². The first-order valence-electron chi connectivity index (χ1n) is 11.6. The molecule has 5 nitrogen and oxygen atoms in total. The Balaban J connectivity index is 1.47. The van der Waals surface area contributed by atoms with Gasteiger partial charge in [0.1, 0.15) is 5.75 Å². The highest BCUT2D eigenvalue weighted by atomic mass is 16.5. The van der Waals surface area contributed by atoms with Crippen LogP contribution in [-0.2, 0) is 4.79 Å². The molecule has 0 saturated carbocycles. The standard InChI is InChI=1S/C28H29N3O2/c1-18(2)17-33-22-9-7-19(8-10-22)21-15-25-27(26(32)16-21)28(20-11-13-29-14-12-20)31-24-6-4-3-5-23(24)30-25/h3-14,18,21,28,30-31H,15-17H2,1-2H3. The van der Waals surface area contributed by atoms with Crippen molar-refractivity contribution in [1.82, 2.24) is 4.98 Å². The van der Waals surface area contributed by atoms with E-state index in [1.165, 1.54) is 5.56 Å². The maximum absolute atomic E-state index is 13.6. The lowest BCUT2D eigenvalue weighted by Crippen LogP contribution is -2.26. The molecule has 2 atom stereocenters. The Labute approximate surface area is 194 Å². The van der Waals surface area contributed by atoms with E-state index in [2.05, 4.69) is 47.7 Å². The number of carbonyl (C=O) groups excluding carboxylic acids is 1. The number of nitrogens with zero attached hydrogens (tertiary/aromatic N) is 1. The second-order valence-corrected chi connectivity index (χ2v) is 9.22. The monoisotopic (exact) mass is 439 g/mol. The number of pyridine rings is 1. The molecule has 1 aromatic heterocycles. The van der Waals surface area contributed by atoms with E-state index in [1.54, 1.807) is 12.4 Å². The molecule has 168 valence electrons. The lowest BCUT2D eigenvalue weighted by atomic mass is 9.78. The van der Waals surface area contributed by atoms with Gasteiger partial charge >= 0.3 is 0 Å². The molecule has 2 unspecified atom stereocenters. The van der Waals surface area contributed by atoms with Gasteiger partial charge in [-0.2, -0.15) is 0 Å². The van der Waals surface area contributed by atoms with Gasteiger partial charge in [-0.25, -0.2) is 0 Å². The number of Topliss-reactive ketones (excluding diaryl/α,β-unsaturated/α-hetero) is 1. The van der Waals surface area contributed by atoms with Crippen molar-refractivity contribution in [2.45, 2.75) is 38.6 Å². The Morgan fingerprint density at radius 1 is 0.939 bits per heavy atom. The van der Waals surface area contributed by atoms with Gasteiger partial charge < -0.3 is 15.4 Å². The van der Waals surface area contributed by atoms with Crippen molar-refractivity contribution >= 4 is 17.2 Å². The molecule has 0 fully saturated rings. The van der Waals surface area contributed by atoms with Crippen molar-refractivity contribution in [3.63, 3.8) is 0 Å². The zero-order chi connectivity index (χ0) is 22.8. The van der Waals surface area contributed by atoms with Gasteiger partial charge in [-0.05, 0) is 65.8 Å². The van der Waals surface area contributed by atoms with E-state index >= 15 is 0 Å². The molecule has 5 rings (SSSR count). The van der Waals surface area contributed by atoms with Crippen LogP contribution in [0.5, 0.6) is 5.75 Å². The molecule has 1 aliphatic carbocycles. The Morgan fingerprint density at radius 2 is 1.67 bits per heavy atom. The third-order valence-electron chi connectivity index (χ3n) is 6.28. The molecule has 2 aliphatic rings. The molecule has 2 aromatic carbocycles. The number of hydrogen-bond donors (Lipinski definition) is 2. The average Bonchev–Trinajstić information content (AvgIpc) is 3.00. The summed E-state index contributed by atoms with van der Waals surface area (Å²) in [5.74, 6) is 1.66. The molecule has 2 heterocycles. The lowest BCUT2D eigenvalue weighted by molar-refractivity contribution is -0.116. The molecule has 0 amide bonds.